The normalized spacial score (nSPS) is 39.7. The van der Waals surface area contributed by atoms with E-state index in [0.29, 0.717) is 6.54 Å². The zero-order chi connectivity index (χ0) is 13.0. The molecule has 4 saturated carbocycles. The zero-order valence-electron chi connectivity index (χ0n) is 11.2. The SMILES string of the molecule is NCc1cc(C23CC4CC(CC(C4)C2)C3)nc(=O)[nH]1. The molecule has 1 aromatic heterocycles. The highest BCUT2D eigenvalue weighted by Crippen LogP contribution is 2.60. The second-order valence-electron chi connectivity index (χ2n) is 7.00. The second-order valence-corrected chi connectivity index (χ2v) is 7.00. The third-order valence-electron chi connectivity index (χ3n) is 5.60. The summed E-state index contributed by atoms with van der Waals surface area (Å²) in [6.07, 6.45) is 7.93. The average molecular weight is 259 g/mol. The van der Waals surface area contributed by atoms with Crippen LogP contribution in [-0.2, 0) is 12.0 Å². The first-order valence-electron chi connectivity index (χ1n) is 7.48. The molecule has 4 heteroatoms. The third kappa shape index (κ3) is 1.76. The summed E-state index contributed by atoms with van der Waals surface area (Å²) in [5.74, 6) is 2.61. The molecule has 4 aliphatic rings. The molecule has 0 unspecified atom stereocenters. The van der Waals surface area contributed by atoms with E-state index >= 15 is 0 Å². The Morgan fingerprint density at radius 3 is 2.32 bits per heavy atom. The van der Waals surface area contributed by atoms with Crippen molar-refractivity contribution in [2.45, 2.75) is 50.5 Å². The summed E-state index contributed by atoms with van der Waals surface area (Å²) in [5.41, 5.74) is 7.49. The van der Waals surface area contributed by atoms with E-state index in [-0.39, 0.29) is 11.1 Å². The molecule has 19 heavy (non-hydrogen) atoms. The van der Waals surface area contributed by atoms with Gasteiger partial charge in [0.1, 0.15) is 0 Å². The number of H-pyrrole nitrogens is 1. The molecule has 0 aliphatic heterocycles. The van der Waals surface area contributed by atoms with Gasteiger partial charge in [0.05, 0.1) is 5.69 Å². The van der Waals surface area contributed by atoms with Crippen molar-refractivity contribution in [3.8, 4) is 0 Å². The van der Waals surface area contributed by atoms with Gasteiger partial charge in [0, 0.05) is 17.7 Å². The van der Waals surface area contributed by atoms with Crippen LogP contribution in [0.1, 0.15) is 49.9 Å². The van der Waals surface area contributed by atoms with Crippen LogP contribution in [0.15, 0.2) is 10.9 Å². The molecule has 0 amide bonds. The first kappa shape index (κ1) is 11.6. The molecule has 0 aromatic carbocycles. The summed E-state index contributed by atoms with van der Waals surface area (Å²) < 4.78 is 0. The summed E-state index contributed by atoms with van der Waals surface area (Å²) in [7, 11) is 0. The summed E-state index contributed by atoms with van der Waals surface area (Å²) in [5, 5.41) is 0. The Kier molecular flexibility index (Phi) is 2.40. The molecule has 1 heterocycles. The van der Waals surface area contributed by atoms with Crippen LogP contribution in [0.5, 0.6) is 0 Å². The van der Waals surface area contributed by atoms with Gasteiger partial charge < -0.3 is 10.7 Å². The number of nitrogens with zero attached hydrogens (tertiary/aromatic N) is 1. The predicted molar refractivity (Wildman–Crippen MR) is 72.6 cm³/mol. The number of aromatic nitrogens is 2. The first-order chi connectivity index (χ1) is 9.17. The van der Waals surface area contributed by atoms with Crippen molar-refractivity contribution in [1.82, 2.24) is 9.97 Å². The summed E-state index contributed by atoms with van der Waals surface area (Å²) in [6, 6.07) is 2.05. The van der Waals surface area contributed by atoms with Gasteiger partial charge in [0.15, 0.2) is 0 Å². The van der Waals surface area contributed by atoms with Crippen LogP contribution in [0.25, 0.3) is 0 Å². The fourth-order valence-corrected chi connectivity index (χ4v) is 5.31. The highest BCUT2D eigenvalue weighted by molar-refractivity contribution is 5.24. The number of nitrogens with two attached hydrogens (primary N) is 1. The minimum Gasteiger partial charge on any atom is -0.325 e. The Hall–Kier alpha value is -1.16. The topological polar surface area (TPSA) is 71.8 Å². The number of nitrogens with one attached hydrogen (secondary N) is 1. The van der Waals surface area contributed by atoms with Gasteiger partial charge >= 0.3 is 5.69 Å². The minimum absolute atomic E-state index is 0.187. The van der Waals surface area contributed by atoms with Gasteiger partial charge in [-0.3, -0.25) is 0 Å². The lowest BCUT2D eigenvalue weighted by molar-refractivity contribution is -0.00741. The predicted octanol–water partition coefficient (Wildman–Crippen LogP) is 1.70. The number of rotatable bonds is 2. The smallest absolute Gasteiger partial charge is 0.325 e. The monoisotopic (exact) mass is 259 g/mol. The van der Waals surface area contributed by atoms with Gasteiger partial charge in [0.25, 0.3) is 0 Å². The molecule has 0 atom stereocenters. The van der Waals surface area contributed by atoms with E-state index in [2.05, 4.69) is 16.0 Å². The Morgan fingerprint density at radius 1 is 1.21 bits per heavy atom. The molecule has 102 valence electrons. The fourth-order valence-electron chi connectivity index (χ4n) is 5.31. The van der Waals surface area contributed by atoms with Crippen molar-refractivity contribution in [3.05, 3.63) is 27.9 Å². The van der Waals surface area contributed by atoms with Gasteiger partial charge in [-0.2, -0.15) is 4.98 Å². The summed E-state index contributed by atoms with van der Waals surface area (Å²) >= 11 is 0. The summed E-state index contributed by atoms with van der Waals surface area (Å²) in [4.78, 5) is 18.8. The van der Waals surface area contributed by atoms with Crippen LogP contribution >= 0.6 is 0 Å². The Balaban J connectivity index is 1.79. The van der Waals surface area contributed by atoms with E-state index in [1.807, 2.05) is 0 Å². The van der Waals surface area contributed by atoms with Crippen LogP contribution in [0, 0.1) is 17.8 Å². The maximum Gasteiger partial charge on any atom is 0.345 e. The van der Waals surface area contributed by atoms with Crippen LogP contribution in [0.2, 0.25) is 0 Å². The van der Waals surface area contributed by atoms with Gasteiger partial charge in [-0.25, -0.2) is 4.79 Å². The van der Waals surface area contributed by atoms with Crippen molar-refractivity contribution in [3.63, 3.8) is 0 Å². The third-order valence-corrected chi connectivity index (χ3v) is 5.60. The van der Waals surface area contributed by atoms with Gasteiger partial charge in [0.2, 0.25) is 0 Å². The van der Waals surface area contributed by atoms with Crippen molar-refractivity contribution in [1.29, 1.82) is 0 Å². The van der Waals surface area contributed by atoms with Crippen molar-refractivity contribution < 1.29 is 0 Å². The second kappa shape index (κ2) is 3.92. The van der Waals surface area contributed by atoms with E-state index < -0.39 is 0 Å². The van der Waals surface area contributed by atoms with Crippen LogP contribution < -0.4 is 11.4 Å². The molecule has 0 saturated heterocycles. The molecule has 4 aliphatic carbocycles. The zero-order valence-corrected chi connectivity index (χ0v) is 11.2. The quantitative estimate of drug-likeness (QED) is 0.849. The Labute approximate surface area is 112 Å². The lowest BCUT2D eigenvalue weighted by Crippen LogP contribution is -2.49. The van der Waals surface area contributed by atoms with Crippen molar-refractivity contribution in [2.24, 2.45) is 23.5 Å². The number of aromatic amines is 1. The fraction of sp³-hybridized carbons (Fsp3) is 0.733. The largest absolute Gasteiger partial charge is 0.345 e. The molecule has 4 nitrogen and oxygen atoms in total. The molecule has 4 fully saturated rings. The average Bonchev–Trinajstić information content (AvgIpc) is 2.36. The molecule has 3 N–H and O–H groups in total. The minimum atomic E-state index is -0.228. The molecular formula is C15H21N3O. The Morgan fingerprint density at radius 2 is 1.79 bits per heavy atom. The van der Waals surface area contributed by atoms with Gasteiger partial charge in [-0.1, -0.05) is 0 Å². The standard InChI is InChI=1S/C15H21N3O/c16-8-12-4-13(18-14(19)17-12)15-5-9-1-10(6-15)3-11(2-9)7-15/h4,9-11H,1-3,5-8,16H2,(H,17,18,19). The molecule has 0 spiro atoms. The van der Waals surface area contributed by atoms with Crippen LogP contribution in [0.4, 0.5) is 0 Å². The maximum atomic E-state index is 11.7. The van der Waals surface area contributed by atoms with E-state index in [9.17, 15) is 4.79 Å². The summed E-state index contributed by atoms with van der Waals surface area (Å²) in [6.45, 7) is 0.386. The highest BCUT2D eigenvalue weighted by atomic mass is 16.1. The van der Waals surface area contributed by atoms with Crippen molar-refractivity contribution >= 4 is 0 Å². The van der Waals surface area contributed by atoms with E-state index in [4.69, 9.17) is 5.73 Å². The maximum absolute atomic E-state index is 11.7. The highest BCUT2D eigenvalue weighted by Gasteiger charge is 2.52. The lowest BCUT2D eigenvalue weighted by atomic mass is 9.49. The van der Waals surface area contributed by atoms with Gasteiger partial charge in [-0.15, -0.1) is 0 Å². The van der Waals surface area contributed by atoms with E-state index in [0.717, 1.165) is 29.1 Å². The lowest BCUT2D eigenvalue weighted by Gasteiger charge is -2.56. The van der Waals surface area contributed by atoms with Crippen LogP contribution in [-0.4, -0.2) is 9.97 Å². The van der Waals surface area contributed by atoms with E-state index in [1.165, 1.54) is 38.5 Å². The molecular weight excluding hydrogens is 238 g/mol. The number of hydrogen-bond acceptors (Lipinski definition) is 3. The molecule has 4 bridgehead atoms. The van der Waals surface area contributed by atoms with Gasteiger partial charge in [-0.05, 0) is 62.3 Å². The Bertz CT molecular complexity index is 527. The van der Waals surface area contributed by atoms with Crippen molar-refractivity contribution in [2.75, 3.05) is 0 Å². The van der Waals surface area contributed by atoms with E-state index in [1.54, 1.807) is 0 Å². The molecule has 0 radical (unpaired) electrons. The molecule has 1 aromatic rings. The number of hydrogen-bond donors (Lipinski definition) is 2. The molecule has 5 rings (SSSR count). The first-order valence-corrected chi connectivity index (χ1v) is 7.48. The van der Waals surface area contributed by atoms with Crippen LogP contribution in [0.3, 0.4) is 0 Å².